The summed E-state index contributed by atoms with van der Waals surface area (Å²) in [5.41, 5.74) is 0. The van der Waals surface area contributed by atoms with Crippen LogP contribution in [0, 0.1) is 0 Å². The zero-order valence-electron chi connectivity index (χ0n) is 5.36. The fraction of sp³-hybridized carbons (Fsp3) is 1.00. The predicted molar refractivity (Wildman–Crippen MR) is 33.2 cm³/mol. The number of ether oxygens (including phenoxy) is 1. The zero-order valence-corrected chi connectivity index (χ0v) is 6.18. The van der Waals surface area contributed by atoms with Crippen molar-refractivity contribution >= 4 is 11.4 Å². The van der Waals surface area contributed by atoms with Gasteiger partial charge in [0.25, 0.3) is 0 Å². The van der Waals surface area contributed by atoms with E-state index in [-0.39, 0.29) is 6.10 Å². The fourth-order valence-electron chi connectivity index (χ4n) is 0.403. The minimum Gasteiger partial charge on any atom is -0.382 e. The van der Waals surface area contributed by atoms with Crippen molar-refractivity contribution in [1.82, 2.24) is 0 Å². The molecule has 0 saturated heterocycles. The first-order chi connectivity index (χ1) is 4.16. The Balaban J connectivity index is 3.26. The molecule has 0 saturated carbocycles. The van der Waals surface area contributed by atoms with Gasteiger partial charge in [0.2, 0.25) is 0 Å². The highest BCUT2D eigenvalue weighted by Gasteiger charge is 2.03. The molecule has 0 bridgehead atoms. The van der Waals surface area contributed by atoms with Gasteiger partial charge in [0, 0.05) is 7.11 Å². The summed E-state index contributed by atoms with van der Waals surface area (Å²) < 4.78 is 27.1. The van der Waals surface area contributed by atoms with Crippen molar-refractivity contribution in [2.45, 2.75) is 13.0 Å². The molecule has 0 radical (unpaired) electrons. The van der Waals surface area contributed by atoms with E-state index in [0.717, 1.165) is 0 Å². The summed E-state index contributed by atoms with van der Waals surface area (Å²) in [6, 6.07) is 0. The quantitative estimate of drug-likeness (QED) is 0.587. The van der Waals surface area contributed by atoms with Crippen LogP contribution in [0.15, 0.2) is 0 Å². The van der Waals surface area contributed by atoms with Crippen LogP contribution in [0.1, 0.15) is 6.92 Å². The lowest BCUT2D eigenvalue weighted by atomic mass is 10.5. The third-order valence-electron chi connectivity index (χ3n) is 0.648. The lowest BCUT2D eigenvalue weighted by Gasteiger charge is -2.05. The molecule has 0 rings (SSSR count). The summed E-state index contributed by atoms with van der Waals surface area (Å²) in [5.74, 6) is 0. The Kier molecular flexibility index (Phi) is 4.88. The Bertz CT molecular complexity index is 94.6. The number of hydrogen-bond acceptors (Lipinski definition) is 3. The zero-order chi connectivity index (χ0) is 7.28. The molecule has 0 aliphatic rings. The van der Waals surface area contributed by atoms with Gasteiger partial charge >= 0.3 is 11.4 Å². The molecule has 0 aliphatic carbocycles. The van der Waals surface area contributed by atoms with Crippen LogP contribution in [0.4, 0.5) is 0 Å². The van der Waals surface area contributed by atoms with Crippen molar-refractivity contribution in [2.75, 3.05) is 13.7 Å². The van der Waals surface area contributed by atoms with E-state index in [1.807, 2.05) is 0 Å². The third-order valence-corrected chi connectivity index (χ3v) is 1.14. The monoisotopic (exact) mass is 154 g/mol. The minimum absolute atomic E-state index is 0.326. The van der Waals surface area contributed by atoms with E-state index in [2.05, 4.69) is 8.92 Å². The van der Waals surface area contributed by atoms with E-state index in [0.29, 0.717) is 6.61 Å². The summed E-state index contributed by atoms with van der Waals surface area (Å²) in [5, 5.41) is 0. The van der Waals surface area contributed by atoms with Crippen molar-refractivity contribution in [3.05, 3.63) is 0 Å². The number of methoxy groups -OCH3 is 1. The Hall–Kier alpha value is 0.0300. The molecular formula is C4H10O4S. The molecule has 2 atom stereocenters. The second-order valence-corrected chi connectivity index (χ2v) is 2.21. The topological polar surface area (TPSA) is 55.8 Å². The van der Waals surface area contributed by atoms with Gasteiger partial charge in [0.15, 0.2) is 0 Å². The van der Waals surface area contributed by atoms with Gasteiger partial charge in [0.1, 0.15) is 0 Å². The smallest absolute Gasteiger partial charge is 0.302 e. The van der Waals surface area contributed by atoms with E-state index in [1.165, 1.54) is 7.11 Å². The van der Waals surface area contributed by atoms with Crippen molar-refractivity contribution in [1.29, 1.82) is 0 Å². The molecule has 0 fully saturated rings. The molecule has 5 heteroatoms. The minimum atomic E-state index is -2.18. The predicted octanol–water partition coefficient (Wildman–Crippen LogP) is 0.175. The molecule has 1 N–H and O–H groups in total. The van der Waals surface area contributed by atoms with Crippen LogP contribution in [0.25, 0.3) is 0 Å². The average molecular weight is 154 g/mol. The highest BCUT2D eigenvalue weighted by Crippen LogP contribution is 1.91. The normalized spacial score (nSPS) is 17.2. The maximum absolute atomic E-state index is 9.92. The lowest BCUT2D eigenvalue weighted by molar-refractivity contribution is 0.0948. The molecular weight excluding hydrogens is 144 g/mol. The Morgan fingerprint density at radius 1 is 1.78 bits per heavy atom. The lowest BCUT2D eigenvalue weighted by Crippen LogP contribution is -2.15. The molecule has 2 unspecified atom stereocenters. The van der Waals surface area contributed by atoms with Crippen molar-refractivity contribution in [3.8, 4) is 0 Å². The van der Waals surface area contributed by atoms with Gasteiger partial charge < -0.3 is 4.74 Å². The van der Waals surface area contributed by atoms with Gasteiger partial charge in [0.05, 0.1) is 12.7 Å². The van der Waals surface area contributed by atoms with E-state index in [1.54, 1.807) is 6.92 Å². The molecule has 9 heavy (non-hydrogen) atoms. The van der Waals surface area contributed by atoms with E-state index in [9.17, 15) is 4.21 Å². The summed E-state index contributed by atoms with van der Waals surface area (Å²) in [6.45, 7) is 1.98. The SMILES string of the molecule is COCC(C)OS(=O)O. The third kappa shape index (κ3) is 5.91. The molecule has 0 amide bonds. The maximum atomic E-state index is 9.92. The van der Waals surface area contributed by atoms with Crippen molar-refractivity contribution in [3.63, 3.8) is 0 Å². The van der Waals surface area contributed by atoms with E-state index >= 15 is 0 Å². The first-order valence-electron chi connectivity index (χ1n) is 2.43. The molecule has 56 valence electrons. The number of hydrogen-bond donors (Lipinski definition) is 1. The van der Waals surface area contributed by atoms with E-state index < -0.39 is 11.4 Å². The van der Waals surface area contributed by atoms with Crippen LogP contribution in [0.2, 0.25) is 0 Å². The standard InChI is InChI=1S/C4H10O4S/c1-4(3-7-2)8-9(5)6/h4H,3H2,1-2H3,(H,5,6). The largest absolute Gasteiger partial charge is 0.382 e. The Morgan fingerprint density at radius 3 is 2.67 bits per heavy atom. The summed E-state index contributed by atoms with van der Waals surface area (Å²) in [6.07, 6.45) is -0.333. The molecule has 0 aromatic rings. The average Bonchev–Trinajstić information content (AvgIpc) is 1.63. The summed E-state index contributed by atoms with van der Waals surface area (Å²) in [7, 11) is 1.50. The van der Waals surface area contributed by atoms with Gasteiger partial charge in [-0.2, -0.15) is 4.21 Å². The molecule has 4 nitrogen and oxygen atoms in total. The van der Waals surface area contributed by atoms with Gasteiger partial charge in [-0.25, -0.2) is 0 Å². The number of rotatable bonds is 4. The Morgan fingerprint density at radius 2 is 2.33 bits per heavy atom. The Labute approximate surface area is 56.6 Å². The molecule has 0 spiro atoms. The van der Waals surface area contributed by atoms with Crippen LogP contribution < -0.4 is 0 Å². The van der Waals surface area contributed by atoms with Crippen LogP contribution >= 0.6 is 0 Å². The van der Waals surface area contributed by atoms with Crippen LogP contribution in [0.5, 0.6) is 0 Å². The van der Waals surface area contributed by atoms with Gasteiger partial charge in [-0.05, 0) is 6.92 Å². The van der Waals surface area contributed by atoms with Gasteiger partial charge in [-0.15, -0.1) is 0 Å². The maximum Gasteiger partial charge on any atom is 0.302 e. The molecule has 0 heterocycles. The molecule has 0 aromatic carbocycles. The fourth-order valence-corrected chi connectivity index (χ4v) is 0.740. The first kappa shape index (κ1) is 9.03. The van der Waals surface area contributed by atoms with Crippen LogP contribution in [-0.2, 0) is 20.3 Å². The van der Waals surface area contributed by atoms with Crippen LogP contribution in [0.3, 0.4) is 0 Å². The first-order valence-corrected chi connectivity index (χ1v) is 3.47. The van der Waals surface area contributed by atoms with Crippen molar-refractivity contribution < 1.29 is 17.7 Å². The highest BCUT2D eigenvalue weighted by atomic mass is 32.2. The van der Waals surface area contributed by atoms with Crippen LogP contribution in [-0.4, -0.2) is 28.6 Å². The second kappa shape index (κ2) is 4.87. The summed E-state index contributed by atoms with van der Waals surface area (Å²) in [4.78, 5) is 0. The highest BCUT2D eigenvalue weighted by molar-refractivity contribution is 7.74. The van der Waals surface area contributed by atoms with E-state index in [4.69, 9.17) is 4.55 Å². The van der Waals surface area contributed by atoms with Gasteiger partial charge in [-0.1, -0.05) is 0 Å². The van der Waals surface area contributed by atoms with Crippen molar-refractivity contribution in [2.24, 2.45) is 0 Å². The second-order valence-electron chi connectivity index (χ2n) is 1.58. The molecule has 0 aliphatic heterocycles. The summed E-state index contributed by atoms with van der Waals surface area (Å²) >= 11 is -2.18. The van der Waals surface area contributed by atoms with Gasteiger partial charge in [-0.3, -0.25) is 8.74 Å². The molecule has 0 aromatic heterocycles.